The summed E-state index contributed by atoms with van der Waals surface area (Å²) in [6.07, 6.45) is 1.03. The van der Waals surface area contributed by atoms with Crippen LogP contribution in [-0.2, 0) is 9.59 Å². The largest absolute Gasteiger partial charge is 0.274 e. The van der Waals surface area contributed by atoms with Crippen molar-refractivity contribution >= 4 is 17.5 Å². The zero-order chi connectivity index (χ0) is 18.7. The highest BCUT2D eigenvalue weighted by Gasteiger charge is 2.62. The van der Waals surface area contributed by atoms with Crippen LogP contribution in [0.2, 0.25) is 0 Å². The second-order valence-corrected chi connectivity index (χ2v) is 7.85. The molecule has 3 heterocycles. The van der Waals surface area contributed by atoms with Gasteiger partial charge in [-0.3, -0.25) is 9.59 Å². The van der Waals surface area contributed by atoms with Gasteiger partial charge in [0.2, 0.25) is 5.91 Å². The molecule has 2 aromatic carbocycles. The Labute approximate surface area is 159 Å². The van der Waals surface area contributed by atoms with Crippen molar-refractivity contribution in [2.75, 3.05) is 18.0 Å². The van der Waals surface area contributed by atoms with Crippen molar-refractivity contribution in [2.45, 2.75) is 32.4 Å². The number of hydrazine groups is 1. The van der Waals surface area contributed by atoms with Crippen LogP contribution in [0.3, 0.4) is 0 Å². The maximum Gasteiger partial charge on any atom is 0.253 e. The van der Waals surface area contributed by atoms with Crippen LogP contribution in [0.25, 0.3) is 0 Å². The maximum atomic E-state index is 13.4. The van der Waals surface area contributed by atoms with Crippen LogP contribution < -0.4 is 4.90 Å². The molecule has 5 rings (SSSR count). The Hall–Kier alpha value is -2.50. The van der Waals surface area contributed by atoms with E-state index in [0.29, 0.717) is 5.69 Å². The van der Waals surface area contributed by atoms with E-state index in [2.05, 4.69) is 41.2 Å². The molecular formula is C22H23N3O2. The van der Waals surface area contributed by atoms with Gasteiger partial charge in [0.05, 0.1) is 17.6 Å². The first-order valence-corrected chi connectivity index (χ1v) is 9.60. The minimum atomic E-state index is -0.382. The molecular weight excluding hydrogens is 338 g/mol. The van der Waals surface area contributed by atoms with Gasteiger partial charge in [0.15, 0.2) is 0 Å². The van der Waals surface area contributed by atoms with E-state index in [1.807, 2.05) is 31.2 Å². The van der Waals surface area contributed by atoms with Crippen molar-refractivity contribution in [1.82, 2.24) is 10.0 Å². The fraction of sp³-hybridized carbons (Fsp3) is 0.364. The molecule has 0 radical (unpaired) electrons. The monoisotopic (exact) mass is 361 g/mol. The average molecular weight is 361 g/mol. The average Bonchev–Trinajstić information content (AvgIpc) is 3.30. The van der Waals surface area contributed by atoms with Crippen LogP contribution in [0, 0.1) is 19.8 Å². The number of fused-ring (bicyclic) bond motifs is 3. The second-order valence-electron chi connectivity index (χ2n) is 7.85. The minimum Gasteiger partial charge on any atom is -0.274 e. The predicted molar refractivity (Wildman–Crippen MR) is 103 cm³/mol. The Kier molecular flexibility index (Phi) is 3.71. The molecule has 0 aliphatic carbocycles. The summed E-state index contributed by atoms with van der Waals surface area (Å²) in [4.78, 5) is 28.1. The highest BCUT2D eigenvalue weighted by atomic mass is 16.2. The SMILES string of the molecule is Cc1ccc([C@H]2[C@H]3C(=O)N(c4ccc(C)cc4)C(=O)[C@@H]3N3CCCN23)cc1. The molecule has 3 aliphatic rings. The molecule has 5 nitrogen and oxygen atoms in total. The molecule has 0 spiro atoms. The third-order valence-corrected chi connectivity index (χ3v) is 6.12. The number of benzene rings is 2. The van der Waals surface area contributed by atoms with Crippen LogP contribution in [-0.4, -0.2) is 41.0 Å². The van der Waals surface area contributed by atoms with Crippen molar-refractivity contribution in [1.29, 1.82) is 0 Å². The number of amides is 2. The summed E-state index contributed by atoms with van der Waals surface area (Å²) in [7, 11) is 0. The van der Waals surface area contributed by atoms with Crippen molar-refractivity contribution < 1.29 is 9.59 Å². The van der Waals surface area contributed by atoms with E-state index < -0.39 is 0 Å². The third kappa shape index (κ3) is 2.38. The van der Waals surface area contributed by atoms with Crippen LogP contribution in [0.15, 0.2) is 48.5 Å². The number of carbonyl (C=O) groups excluding carboxylic acids is 2. The van der Waals surface area contributed by atoms with Gasteiger partial charge >= 0.3 is 0 Å². The van der Waals surface area contributed by atoms with Gasteiger partial charge in [-0.15, -0.1) is 0 Å². The third-order valence-electron chi connectivity index (χ3n) is 6.12. The van der Waals surface area contributed by atoms with Crippen LogP contribution in [0.4, 0.5) is 5.69 Å². The Morgan fingerprint density at radius 1 is 0.741 bits per heavy atom. The van der Waals surface area contributed by atoms with Crippen molar-refractivity contribution in [3.8, 4) is 0 Å². The fourth-order valence-corrected chi connectivity index (χ4v) is 4.83. The molecule has 3 atom stereocenters. The lowest BCUT2D eigenvalue weighted by molar-refractivity contribution is -0.126. The Bertz CT molecular complexity index is 906. The first-order valence-electron chi connectivity index (χ1n) is 9.60. The molecule has 3 saturated heterocycles. The zero-order valence-electron chi connectivity index (χ0n) is 15.6. The molecule has 138 valence electrons. The zero-order valence-corrected chi connectivity index (χ0v) is 15.6. The standard InChI is InChI=1S/C22H23N3O2/c1-14-4-8-16(9-5-14)19-18-20(24-13-3-12-23(19)24)22(27)25(21(18)26)17-10-6-15(2)7-11-17/h4-11,18-20H,3,12-13H2,1-2H3/t18-,19+,20-/m1/s1. The summed E-state index contributed by atoms with van der Waals surface area (Å²) >= 11 is 0. The predicted octanol–water partition coefficient (Wildman–Crippen LogP) is 2.84. The maximum absolute atomic E-state index is 13.4. The van der Waals surface area contributed by atoms with E-state index in [1.165, 1.54) is 10.5 Å². The molecule has 27 heavy (non-hydrogen) atoms. The molecule has 5 heteroatoms. The number of carbonyl (C=O) groups is 2. The van der Waals surface area contributed by atoms with Crippen LogP contribution in [0.1, 0.15) is 29.2 Å². The summed E-state index contributed by atoms with van der Waals surface area (Å²) in [5.41, 5.74) is 4.10. The molecule has 3 fully saturated rings. The van der Waals surface area contributed by atoms with Crippen LogP contribution in [0.5, 0.6) is 0 Å². The molecule has 3 aliphatic heterocycles. The molecule has 0 bridgehead atoms. The summed E-state index contributed by atoms with van der Waals surface area (Å²) in [6.45, 7) is 5.80. The van der Waals surface area contributed by atoms with Gasteiger partial charge in [0.1, 0.15) is 6.04 Å². The smallest absolute Gasteiger partial charge is 0.253 e. The lowest BCUT2D eigenvalue weighted by atomic mass is 9.89. The summed E-state index contributed by atoms with van der Waals surface area (Å²) in [5.74, 6) is -0.508. The molecule has 2 aromatic rings. The highest BCUT2D eigenvalue weighted by Crippen LogP contribution is 2.48. The first kappa shape index (κ1) is 16.7. The fourth-order valence-electron chi connectivity index (χ4n) is 4.83. The van der Waals surface area contributed by atoms with Gasteiger partial charge in [-0.05, 0) is 38.0 Å². The normalized spacial score (nSPS) is 28.1. The van der Waals surface area contributed by atoms with Gasteiger partial charge < -0.3 is 0 Å². The van der Waals surface area contributed by atoms with E-state index in [9.17, 15) is 9.59 Å². The van der Waals surface area contributed by atoms with E-state index >= 15 is 0 Å². The minimum absolute atomic E-state index is 0.0648. The van der Waals surface area contributed by atoms with Gasteiger partial charge in [-0.25, -0.2) is 14.9 Å². The van der Waals surface area contributed by atoms with Crippen molar-refractivity contribution in [3.63, 3.8) is 0 Å². The Morgan fingerprint density at radius 2 is 1.30 bits per heavy atom. The molecule has 0 saturated carbocycles. The number of rotatable bonds is 2. The number of hydrogen-bond donors (Lipinski definition) is 0. The van der Waals surface area contributed by atoms with Gasteiger partial charge in [-0.2, -0.15) is 0 Å². The second kappa shape index (κ2) is 6.01. The quantitative estimate of drug-likeness (QED) is 0.772. The lowest BCUT2D eigenvalue weighted by Crippen LogP contribution is -2.44. The lowest BCUT2D eigenvalue weighted by Gasteiger charge is -2.29. The highest BCUT2D eigenvalue weighted by molar-refractivity contribution is 6.24. The summed E-state index contributed by atoms with van der Waals surface area (Å²) < 4.78 is 0. The number of anilines is 1. The summed E-state index contributed by atoms with van der Waals surface area (Å²) in [5, 5.41) is 4.39. The van der Waals surface area contributed by atoms with Gasteiger partial charge in [-0.1, -0.05) is 47.5 Å². The number of nitrogens with zero attached hydrogens (tertiary/aromatic N) is 3. The number of aryl methyl sites for hydroxylation is 2. The Morgan fingerprint density at radius 3 is 1.93 bits per heavy atom. The number of imide groups is 1. The molecule has 0 aromatic heterocycles. The van der Waals surface area contributed by atoms with Crippen molar-refractivity contribution in [3.05, 3.63) is 65.2 Å². The van der Waals surface area contributed by atoms with E-state index in [4.69, 9.17) is 0 Å². The first-order chi connectivity index (χ1) is 13.1. The topological polar surface area (TPSA) is 43.9 Å². The van der Waals surface area contributed by atoms with E-state index in [1.54, 1.807) is 0 Å². The van der Waals surface area contributed by atoms with E-state index in [0.717, 1.165) is 30.6 Å². The number of hydrogen-bond acceptors (Lipinski definition) is 4. The van der Waals surface area contributed by atoms with Gasteiger partial charge in [0, 0.05) is 13.1 Å². The molecule has 0 N–H and O–H groups in total. The molecule has 0 unspecified atom stereocenters. The Balaban J connectivity index is 1.57. The van der Waals surface area contributed by atoms with Crippen molar-refractivity contribution in [2.24, 2.45) is 5.92 Å². The van der Waals surface area contributed by atoms with E-state index in [-0.39, 0.29) is 29.8 Å². The molecule has 2 amide bonds. The van der Waals surface area contributed by atoms with Gasteiger partial charge in [0.25, 0.3) is 5.91 Å². The summed E-state index contributed by atoms with van der Waals surface area (Å²) in [6, 6.07) is 15.6. The van der Waals surface area contributed by atoms with Crippen LogP contribution >= 0.6 is 0 Å².